The average molecular weight is 203 g/mol. The monoisotopic (exact) mass is 203 g/mol. The Balaban J connectivity index is 2.20. The van der Waals surface area contributed by atoms with Crippen LogP contribution in [0.5, 0.6) is 0 Å². The Morgan fingerprint density at radius 1 is 1.73 bits per heavy atom. The van der Waals surface area contributed by atoms with Crippen molar-refractivity contribution in [3.63, 3.8) is 0 Å². The van der Waals surface area contributed by atoms with Crippen molar-refractivity contribution < 1.29 is 0 Å². The Morgan fingerprint density at radius 3 is 3.27 bits per heavy atom. The minimum Gasteiger partial charge on any atom is -0.333 e. The standard InChI is InChI=1S/C12H17N3/c1-3-4-7-15-10-14-8-11(15)12(2)5-6-13-9-12/h1,8,10,13H,4-7,9H2,2H3. The van der Waals surface area contributed by atoms with E-state index < -0.39 is 0 Å². The van der Waals surface area contributed by atoms with Crippen molar-refractivity contribution in [1.82, 2.24) is 14.9 Å². The van der Waals surface area contributed by atoms with Gasteiger partial charge in [0.2, 0.25) is 0 Å². The molecule has 1 aromatic heterocycles. The molecule has 1 aliphatic heterocycles. The molecule has 80 valence electrons. The molecule has 0 spiro atoms. The molecule has 1 N–H and O–H groups in total. The van der Waals surface area contributed by atoms with Gasteiger partial charge in [-0.15, -0.1) is 12.3 Å². The molecule has 15 heavy (non-hydrogen) atoms. The summed E-state index contributed by atoms with van der Waals surface area (Å²) in [6.07, 6.45) is 11.1. The van der Waals surface area contributed by atoms with E-state index >= 15 is 0 Å². The molecule has 1 aromatic rings. The van der Waals surface area contributed by atoms with Gasteiger partial charge in [-0.2, -0.15) is 0 Å². The van der Waals surface area contributed by atoms with Crippen molar-refractivity contribution in [1.29, 1.82) is 0 Å². The van der Waals surface area contributed by atoms with E-state index in [1.165, 1.54) is 12.1 Å². The predicted octanol–water partition coefficient (Wildman–Crippen LogP) is 1.16. The summed E-state index contributed by atoms with van der Waals surface area (Å²) in [6, 6.07) is 0. The highest BCUT2D eigenvalue weighted by atomic mass is 15.1. The largest absolute Gasteiger partial charge is 0.333 e. The zero-order valence-corrected chi connectivity index (χ0v) is 9.16. The van der Waals surface area contributed by atoms with Crippen molar-refractivity contribution in [2.24, 2.45) is 0 Å². The first-order chi connectivity index (χ1) is 7.26. The Hall–Kier alpha value is -1.27. The summed E-state index contributed by atoms with van der Waals surface area (Å²) in [4.78, 5) is 4.23. The molecular weight excluding hydrogens is 186 g/mol. The van der Waals surface area contributed by atoms with Gasteiger partial charge in [0.05, 0.1) is 6.33 Å². The highest BCUT2D eigenvalue weighted by Crippen LogP contribution is 2.29. The maximum atomic E-state index is 5.29. The molecule has 0 aliphatic carbocycles. The molecule has 1 saturated heterocycles. The first-order valence-corrected chi connectivity index (χ1v) is 5.41. The van der Waals surface area contributed by atoms with E-state index in [0.717, 1.165) is 26.1 Å². The Morgan fingerprint density at radius 2 is 2.60 bits per heavy atom. The lowest BCUT2D eigenvalue weighted by molar-refractivity contribution is 0.474. The van der Waals surface area contributed by atoms with Crippen LogP contribution in [0.4, 0.5) is 0 Å². The van der Waals surface area contributed by atoms with E-state index in [9.17, 15) is 0 Å². The topological polar surface area (TPSA) is 29.9 Å². The van der Waals surface area contributed by atoms with Crippen LogP contribution in [0.2, 0.25) is 0 Å². The summed E-state index contributed by atoms with van der Waals surface area (Å²) >= 11 is 0. The molecule has 2 heterocycles. The molecule has 0 amide bonds. The second kappa shape index (κ2) is 4.08. The van der Waals surface area contributed by atoms with Gasteiger partial charge in [-0.25, -0.2) is 4.98 Å². The number of nitrogens with zero attached hydrogens (tertiary/aromatic N) is 2. The molecule has 1 fully saturated rings. The summed E-state index contributed by atoms with van der Waals surface area (Å²) in [7, 11) is 0. The normalized spacial score (nSPS) is 25.3. The number of rotatable bonds is 3. The first kappa shape index (κ1) is 10.3. The van der Waals surface area contributed by atoms with Gasteiger partial charge >= 0.3 is 0 Å². The first-order valence-electron chi connectivity index (χ1n) is 5.41. The Bertz CT molecular complexity index is 366. The molecule has 0 aromatic carbocycles. The summed E-state index contributed by atoms with van der Waals surface area (Å²) in [5.74, 6) is 2.67. The van der Waals surface area contributed by atoms with Crippen LogP contribution < -0.4 is 5.32 Å². The second-order valence-corrected chi connectivity index (χ2v) is 4.41. The van der Waals surface area contributed by atoms with Crippen LogP contribution in [0.1, 0.15) is 25.5 Å². The lowest BCUT2D eigenvalue weighted by Gasteiger charge is -2.23. The van der Waals surface area contributed by atoms with Gasteiger partial charge in [-0.05, 0) is 13.0 Å². The lowest BCUT2D eigenvalue weighted by atomic mass is 9.86. The number of aryl methyl sites for hydroxylation is 1. The van der Waals surface area contributed by atoms with Crippen molar-refractivity contribution in [3.05, 3.63) is 18.2 Å². The van der Waals surface area contributed by atoms with Crippen LogP contribution in [-0.2, 0) is 12.0 Å². The third kappa shape index (κ3) is 1.91. The van der Waals surface area contributed by atoms with Crippen LogP contribution in [0, 0.1) is 12.3 Å². The molecule has 1 aliphatic rings. The zero-order valence-electron chi connectivity index (χ0n) is 9.16. The third-order valence-corrected chi connectivity index (χ3v) is 3.20. The van der Waals surface area contributed by atoms with E-state index in [2.05, 4.69) is 27.7 Å². The van der Waals surface area contributed by atoms with Gasteiger partial charge in [0.1, 0.15) is 0 Å². The smallest absolute Gasteiger partial charge is 0.0948 e. The molecule has 3 nitrogen and oxygen atoms in total. The molecule has 1 atom stereocenters. The van der Waals surface area contributed by atoms with Gasteiger partial charge in [0.15, 0.2) is 0 Å². The Kier molecular flexibility index (Phi) is 2.79. The van der Waals surface area contributed by atoms with E-state index in [-0.39, 0.29) is 5.41 Å². The fourth-order valence-corrected chi connectivity index (χ4v) is 2.22. The molecule has 3 heteroatoms. The number of aromatic nitrogens is 2. The number of imidazole rings is 1. The summed E-state index contributed by atoms with van der Waals surface area (Å²) in [5.41, 5.74) is 1.54. The van der Waals surface area contributed by atoms with Crippen LogP contribution in [0.25, 0.3) is 0 Å². The maximum Gasteiger partial charge on any atom is 0.0948 e. The quantitative estimate of drug-likeness (QED) is 0.747. The van der Waals surface area contributed by atoms with Gasteiger partial charge in [0.25, 0.3) is 0 Å². The highest BCUT2D eigenvalue weighted by molar-refractivity contribution is 5.17. The third-order valence-electron chi connectivity index (χ3n) is 3.20. The summed E-state index contributed by atoms with van der Waals surface area (Å²) in [6.45, 7) is 5.30. The van der Waals surface area contributed by atoms with Gasteiger partial charge in [-0.3, -0.25) is 0 Å². The van der Waals surface area contributed by atoms with E-state index in [0.29, 0.717) is 0 Å². The van der Waals surface area contributed by atoms with Crippen LogP contribution in [0.15, 0.2) is 12.5 Å². The average Bonchev–Trinajstić information content (AvgIpc) is 2.84. The van der Waals surface area contributed by atoms with E-state index in [1.807, 2.05) is 12.5 Å². The maximum absolute atomic E-state index is 5.29. The van der Waals surface area contributed by atoms with Crippen LogP contribution in [-0.4, -0.2) is 22.6 Å². The van der Waals surface area contributed by atoms with Crippen LogP contribution in [0.3, 0.4) is 0 Å². The minimum atomic E-state index is 0.227. The molecule has 1 unspecified atom stereocenters. The Labute approximate surface area is 90.9 Å². The number of hydrogen-bond donors (Lipinski definition) is 1. The summed E-state index contributed by atoms with van der Waals surface area (Å²) < 4.78 is 2.19. The highest BCUT2D eigenvalue weighted by Gasteiger charge is 2.33. The van der Waals surface area contributed by atoms with Gasteiger partial charge in [0, 0.05) is 36.8 Å². The zero-order chi connectivity index (χ0) is 10.7. The molecule has 0 bridgehead atoms. The van der Waals surface area contributed by atoms with Crippen molar-refractivity contribution in [2.75, 3.05) is 13.1 Å². The van der Waals surface area contributed by atoms with Crippen molar-refractivity contribution in [3.8, 4) is 12.3 Å². The predicted molar refractivity (Wildman–Crippen MR) is 60.5 cm³/mol. The summed E-state index contributed by atoms with van der Waals surface area (Å²) in [5, 5.41) is 3.40. The SMILES string of the molecule is C#CCCn1cncc1C1(C)CCNC1. The molecular formula is C12H17N3. The second-order valence-electron chi connectivity index (χ2n) is 4.41. The molecule has 2 rings (SSSR count). The van der Waals surface area contributed by atoms with Gasteiger partial charge < -0.3 is 9.88 Å². The fourth-order valence-electron chi connectivity index (χ4n) is 2.22. The fraction of sp³-hybridized carbons (Fsp3) is 0.583. The minimum absolute atomic E-state index is 0.227. The van der Waals surface area contributed by atoms with Crippen molar-refractivity contribution >= 4 is 0 Å². The number of nitrogens with one attached hydrogen (secondary N) is 1. The molecule has 0 radical (unpaired) electrons. The lowest BCUT2D eigenvalue weighted by Crippen LogP contribution is -2.28. The van der Waals surface area contributed by atoms with E-state index in [1.54, 1.807) is 0 Å². The van der Waals surface area contributed by atoms with E-state index in [4.69, 9.17) is 6.42 Å². The molecule has 0 saturated carbocycles. The van der Waals surface area contributed by atoms with Crippen molar-refractivity contribution in [2.45, 2.75) is 31.7 Å². The van der Waals surface area contributed by atoms with Crippen LogP contribution >= 0.6 is 0 Å². The number of hydrogen-bond acceptors (Lipinski definition) is 2. The van der Waals surface area contributed by atoms with Gasteiger partial charge in [-0.1, -0.05) is 6.92 Å². The number of terminal acetylenes is 1.